The molecule has 1 atom stereocenters. The Morgan fingerprint density at radius 3 is 2.46 bits per heavy atom. The molecular weight excluding hydrogens is 365 g/mol. The summed E-state index contributed by atoms with van der Waals surface area (Å²) in [6.07, 6.45) is -4.92. The lowest BCUT2D eigenvalue weighted by molar-refractivity contribution is -0.138. The zero-order valence-electron chi connectivity index (χ0n) is 14.7. The number of nitrogens with one attached hydrogen (secondary N) is 1. The molecule has 2 aromatic carbocycles. The maximum absolute atomic E-state index is 12.9. The van der Waals surface area contributed by atoms with Gasteiger partial charge in [0.2, 0.25) is 0 Å². The fraction of sp³-hybridized carbons (Fsp3) is 0.474. The van der Waals surface area contributed by atoms with E-state index in [9.17, 15) is 13.2 Å². The van der Waals surface area contributed by atoms with Crippen LogP contribution in [0.15, 0.2) is 36.4 Å². The fourth-order valence-electron chi connectivity index (χ4n) is 3.60. The standard InChI is InChI=1S/C19H23F3N2O.ClH/c1-25-17-7-6-14-4-2-3-5-15(14)18(17)16(8-9-19(20,21)22)24-12-10-23-11-13-24;/h2-7,16,23H,8-13H2,1H3;1H/t16-;/m1./s1. The Morgan fingerprint density at radius 2 is 1.81 bits per heavy atom. The third-order valence-electron chi connectivity index (χ3n) is 4.78. The van der Waals surface area contributed by atoms with Crippen LogP contribution in [-0.2, 0) is 0 Å². The number of piperazine rings is 1. The van der Waals surface area contributed by atoms with E-state index in [1.807, 2.05) is 36.4 Å². The molecular formula is C19H24ClF3N2O. The average molecular weight is 389 g/mol. The molecule has 0 radical (unpaired) electrons. The van der Waals surface area contributed by atoms with Crippen LogP contribution in [0.3, 0.4) is 0 Å². The Balaban J connectivity index is 0.00000243. The van der Waals surface area contributed by atoms with Gasteiger partial charge in [0.15, 0.2) is 0 Å². The predicted molar refractivity (Wildman–Crippen MR) is 100 cm³/mol. The van der Waals surface area contributed by atoms with Gasteiger partial charge < -0.3 is 10.1 Å². The molecule has 1 fully saturated rings. The molecule has 1 saturated heterocycles. The third-order valence-corrected chi connectivity index (χ3v) is 4.78. The molecule has 1 aliphatic heterocycles. The second kappa shape index (κ2) is 8.93. The highest BCUT2D eigenvalue weighted by molar-refractivity contribution is 5.88. The Bertz CT molecular complexity index is 717. The summed E-state index contributed by atoms with van der Waals surface area (Å²) in [5.41, 5.74) is 0.867. The van der Waals surface area contributed by atoms with E-state index in [0.717, 1.165) is 42.5 Å². The lowest BCUT2D eigenvalue weighted by atomic mass is 9.93. The molecule has 2 aromatic rings. The van der Waals surface area contributed by atoms with Gasteiger partial charge in [0.05, 0.1) is 7.11 Å². The SMILES string of the molecule is COc1ccc2ccccc2c1[C@@H](CCC(F)(F)F)N1CCNCC1.Cl. The maximum Gasteiger partial charge on any atom is 0.389 e. The molecule has 0 aliphatic carbocycles. The van der Waals surface area contributed by atoms with E-state index in [2.05, 4.69) is 10.2 Å². The summed E-state index contributed by atoms with van der Waals surface area (Å²) in [6, 6.07) is 11.3. The van der Waals surface area contributed by atoms with E-state index in [1.54, 1.807) is 7.11 Å². The average Bonchev–Trinajstić information content (AvgIpc) is 2.62. The van der Waals surface area contributed by atoms with Gasteiger partial charge in [-0.15, -0.1) is 12.4 Å². The topological polar surface area (TPSA) is 24.5 Å². The number of nitrogens with zero attached hydrogens (tertiary/aromatic N) is 1. The molecule has 1 heterocycles. The second-order valence-electron chi connectivity index (χ2n) is 6.36. The molecule has 1 aliphatic rings. The lowest BCUT2D eigenvalue weighted by Crippen LogP contribution is -2.45. The summed E-state index contributed by atoms with van der Waals surface area (Å²) in [7, 11) is 1.58. The molecule has 0 saturated carbocycles. The minimum atomic E-state index is -4.16. The molecule has 3 rings (SSSR count). The first-order chi connectivity index (χ1) is 12.0. The van der Waals surface area contributed by atoms with Crippen molar-refractivity contribution in [2.75, 3.05) is 33.3 Å². The summed E-state index contributed by atoms with van der Waals surface area (Å²) >= 11 is 0. The number of methoxy groups -OCH3 is 1. The Kier molecular flexibility index (Phi) is 7.15. The lowest BCUT2D eigenvalue weighted by Gasteiger charge is -2.36. The van der Waals surface area contributed by atoms with Gasteiger partial charge in [0.1, 0.15) is 5.75 Å². The van der Waals surface area contributed by atoms with E-state index >= 15 is 0 Å². The van der Waals surface area contributed by atoms with E-state index in [1.165, 1.54) is 0 Å². The molecule has 144 valence electrons. The van der Waals surface area contributed by atoms with Crippen LogP contribution < -0.4 is 10.1 Å². The third kappa shape index (κ3) is 4.81. The van der Waals surface area contributed by atoms with Crippen molar-refractivity contribution < 1.29 is 17.9 Å². The maximum atomic E-state index is 12.9. The van der Waals surface area contributed by atoms with Crippen LogP contribution >= 0.6 is 12.4 Å². The number of hydrogen-bond donors (Lipinski definition) is 1. The minimum absolute atomic E-state index is 0. The van der Waals surface area contributed by atoms with Gasteiger partial charge >= 0.3 is 6.18 Å². The minimum Gasteiger partial charge on any atom is -0.496 e. The first kappa shape index (κ1) is 20.8. The number of alkyl halides is 3. The van der Waals surface area contributed by atoms with Crippen LogP contribution in [0.4, 0.5) is 13.2 Å². The van der Waals surface area contributed by atoms with E-state index < -0.39 is 12.6 Å². The molecule has 7 heteroatoms. The fourth-order valence-corrected chi connectivity index (χ4v) is 3.60. The number of rotatable bonds is 5. The first-order valence-corrected chi connectivity index (χ1v) is 8.57. The number of benzene rings is 2. The number of halogens is 4. The largest absolute Gasteiger partial charge is 0.496 e. The van der Waals surface area contributed by atoms with Crippen molar-refractivity contribution in [3.8, 4) is 5.75 Å². The van der Waals surface area contributed by atoms with Crippen molar-refractivity contribution in [2.45, 2.75) is 25.1 Å². The van der Waals surface area contributed by atoms with E-state index in [0.29, 0.717) is 5.75 Å². The van der Waals surface area contributed by atoms with Gasteiger partial charge in [-0.2, -0.15) is 13.2 Å². The molecule has 1 N–H and O–H groups in total. The normalized spacial score (nSPS) is 16.9. The van der Waals surface area contributed by atoms with Crippen LogP contribution in [0.2, 0.25) is 0 Å². The molecule has 26 heavy (non-hydrogen) atoms. The molecule has 3 nitrogen and oxygen atoms in total. The number of ether oxygens (including phenoxy) is 1. The summed E-state index contributed by atoms with van der Waals surface area (Å²) in [5, 5.41) is 5.25. The molecule has 0 aromatic heterocycles. The van der Waals surface area contributed by atoms with Gasteiger partial charge in [-0.1, -0.05) is 30.3 Å². The van der Waals surface area contributed by atoms with Gasteiger partial charge in [0.25, 0.3) is 0 Å². The Hall–Kier alpha value is -1.50. The highest BCUT2D eigenvalue weighted by Crippen LogP contribution is 2.40. The number of fused-ring (bicyclic) bond motifs is 1. The molecule has 0 bridgehead atoms. The predicted octanol–water partition coefficient (Wildman–Crippen LogP) is 4.56. The van der Waals surface area contributed by atoms with Gasteiger partial charge in [-0.05, 0) is 23.3 Å². The van der Waals surface area contributed by atoms with Crippen LogP contribution in [0.5, 0.6) is 5.75 Å². The molecule has 0 amide bonds. The van der Waals surface area contributed by atoms with Crippen LogP contribution in [-0.4, -0.2) is 44.4 Å². The highest BCUT2D eigenvalue weighted by atomic mass is 35.5. The smallest absolute Gasteiger partial charge is 0.389 e. The van der Waals surface area contributed by atoms with Crippen LogP contribution in [0.25, 0.3) is 10.8 Å². The monoisotopic (exact) mass is 388 g/mol. The second-order valence-corrected chi connectivity index (χ2v) is 6.36. The first-order valence-electron chi connectivity index (χ1n) is 8.57. The van der Waals surface area contributed by atoms with Crippen LogP contribution in [0.1, 0.15) is 24.4 Å². The van der Waals surface area contributed by atoms with Crippen molar-refractivity contribution >= 4 is 23.2 Å². The Labute approximate surface area is 157 Å². The quantitative estimate of drug-likeness (QED) is 0.812. The van der Waals surface area contributed by atoms with Crippen molar-refractivity contribution in [3.63, 3.8) is 0 Å². The van der Waals surface area contributed by atoms with Crippen molar-refractivity contribution in [3.05, 3.63) is 42.0 Å². The van der Waals surface area contributed by atoms with Crippen LogP contribution in [0, 0.1) is 0 Å². The summed E-state index contributed by atoms with van der Waals surface area (Å²) in [4.78, 5) is 2.15. The van der Waals surface area contributed by atoms with Gasteiger partial charge in [-0.25, -0.2) is 0 Å². The molecule has 0 unspecified atom stereocenters. The summed E-state index contributed by atoms with van der Waals surface area (Å²) in [6.45, 7) is 3.04. The van der Waals surface area contributed by atoms with E-state index in [-0.39, 0.29) is 24.9 Å². The molecule has 0 spiro atoms. The van der Waals surface area contributed by atoms with Crippen molar-refractivity contribution in [1.29, 1.82) is 0 Å². The van der Waals surface area contributed by atoms with Crippen molar-refractivity contribution in [2.24, 2.45) is 0 Å². The summed E-state index contributed by atoms with van der Waals surface area (Å²) < 4.78 is 44.3. The zero-order valence-corrected chi connectivity index (χ0v) is 15.5. The summed E-state index contributed by atoms with van der Waals surface area (Å²) in [5.74, 6) is 0.657. The number of hydrogen-bond acceptors (Lipinski definition) is 3. The zero-order chi connectivity index (χ0) is 17.9. The highest BCUT2D eigenvalue weighted by Gasteiger charge is 2.33. The van der Waals surface area contributed by atoms with Gasteiger partial charge in [-0.3, -0.25) is 4.90 Å². The van der Waals surface area contributed by atoms with E-state index in [4.69, 9.17) is 4.74 Å². The van der Waals surface area contributed by atoms with Gasteiger partial charge in [0, 0.05) is 44.2 Å². The van der Waals surface area contributed by atoms with Crippen molar-refractivity contribution in [1.82, 2.24) is 10.2 Å². The Morgan fingerprint density at radius 1 is 1.12 bits per heavy atom.